The third-order valence-electron chi connectivity index (χ3n) is 4.20. The van der Waals surface area contributed by atoms with Gasteiger partial charge in [0.05, 0.1) is 5.69 Å². The van der Waals surface area contributed by atoms with Crippen molar-refractivity contribution in [3.05, 3.63) is 18.0 Å². The molecular weight excluding hydrogens is 224 g/mol. The van der Waals surface area contributed by atoms with E-state index in [1.165, 1.54) is 18.5 Å². The second-order valence-electron chi connectivity index (χ2n) is 5.86. The summed E-state index contributed by atoms with van der Waals surface area (Å²) >= 11 is 0. The molecule has 0 aliphatic carbocycles. The second-order valence-corrected chi connectivity index (χ2v) is 5.86. The van der Waals surface area contributed by atoms with Gasteiger partial charge in [0, 0.05) is 37.9 Å². The maximum absolute atomic E-state index is 4.50. The highest BCUT2D eigenvalue weighted by molar-refractivity contribution is 5.00. The zero-order valence-corrected chi connectivity index (χ0v) is 12.1. The van der Waals surface area contributed by atoms with Crippen LogP contribution in [0.2, 0.25) is 0 Å². The van der Waals surface area contributed by atoms with Gasteiger partial charge in [0.2, 0.25) is 0 Å². The Morgan fingerprint density at radius 1 is 1.56 bits per heavy atom. The molecule has 18 heavy (non-hydrogen) atoms. The summed E-state index contributed by atoms with van der Waals surface area (Å²) < 4.78 is 1.88. The van der Waals surface area contributed by atoms with Crippen molar-refractivity contribution in [2.45, 2.75) is 51.7 Å². The summed E-state index contributed by atoms with van der Waals surface area (Å²) in [6.07, 6.45) is 4.40. The average Bonchev–Trinajstić information content (AvgIpc) is 2.67. The molecule has 0 aromatic carbocycles. The van der Waals surface area contributed by atoms with E-state index in [4.69, 9.17) is 0 Å². The van der Waals surface area contributed by atoms with E-state index in [1.54, 1.807) is 0 Å². The van der Waals surface area contributed by atoms with Crippen LogP contribution in [-0.4, -0.2) is 39.4 Å². The van der Waals surface area contributed by atoms with Crippen molar-refractivity contribution in [3.63, 3.8) is 0 Å². The number of nitrogens with zero attached hydrogens (tertiary/aromatic N) is 3. The predicted molar refractivity (Wildman–Crippen MR) is 74.4 cm³/mol. The van der Waals surface area contributed by atoms with E-state index in [1.807, 2.05) is 17.9 Å². The maximum Gasteiger partial charge on any atom is 0.0764 e. The van der Waals surface area contributed by atoms with Crippen LogP contribution in [0, 0.1) is 0 Å². The smallest absolute Gasteiger partial charge is 0.0764 e. The summed E-state index contributed by atoms with van der Waals surface area (Å²) in [6, 6.07) is 2.74. The Kier molecular flexibility index (Phi) is 4.07. The maximum atomic E-state index is 4.50. The summed E-state index contributed by atoms with van der Waals surface area (Å²) in [7, 11) is 1.98. The molecule has 2 rings (SSSR count). The molecule has 0 saturated carbocycles. The minimum absolute atomic E-state index is 0.236. The zero-order chi connectivity index (χ0) is 13.2. The van der Waals surface area contributed by atoms with Crippen LogP contribution in [0.15, 0.2) is 12.3 Å². The third-order valence-corrected chi connectivity index (χ3v) is 4.20. The van der Waals surface area contributed by atoms with Gasteiger partial charge < -0.3 is 5.32 Å². The highest BCUT2D eigenvalue weighted by atomic mass is 15.3. The normalized spacial score (nSPS) is 30.3. The van der Waals surface area contributed by atoms with Crippen LogP contribution in [0.5, 0.6) is 0 Å². The third kappa shape index (κ3) is 3.12. The summed E-state index contributed by atoms with van der Waals surface area (Å²) in [5, 5.41) is 8.19. The first-order valence-electron chi connectivity index (χ1n) is 7.00. The van der Waals surface area contributed by atoms with Crippen molar-refractivity contribution in [2.75, 3.05) is 13.1 Å². The van der Waals surface area contributed by atoms with Crippen LogP contribution in [0.1, 0.15) is 39.3 Å². The fraction of sp³-hybridized carbons (Fsp3) is 0.786. The van der Waals surface area contributed by atoms with Gasteiger partial charge in [-0.1, -0.05) is 6.92 Å². The second kappa shape index (κ2) is 5.41. The molecule has 2 heterocycles. The van der Waals surface area contributed by atoms with Crippen LogP contribution in [0.25, 0.3) is 0 Å². The lowest BCUT2D eigenvalue weighted by Gasteiger charge is -2.34. The fourth-order valence-corrected chi connectivity index (χ4v) is 2.63. The van der Waals surface area contributed by atoms with Crippen LogP contribution in [-0.2, 0) is 13.6 Å². The van der Waals surface area contributed by atoms with Gasteiger partial charge in [-0.05, 0) is 39.3 Å². The van der Waals surface area contributed by atoms with Crippen molar-refractivity contribution < 1.29 is 0 Å². The summed E-state index contributed by atoms with van der Waals surface area (Å²) in [5.74, 6) is 0. The van der Waals surface area contributed by atoms with Crippen LogP contribution < -0.4 is 5.32 Å². The number of hydrogen-bond donors (Lipinski definition) is 1. The molecule has 102 valence electrons. The topological polar surface area (TPSA) is 33.1 Å². The number of nitrogens with one attached hydrogen (secondary N) is 1. The van der Waals surface area contributed by atoms with Crippen molar-refractivity contribution >= 4 is 0 Å². The van der Waals surface area contributed by atoms with Crippen LogP contribution >= 0.6 is 0 Å². The van der Waals surface area contributed by atoms with E-state index in [0.29, 0.717) is 6.04 Å². The molecule has 2 unspecified atom stereocenters. The van der Waals surface area contributed by atoms with Gasteiger partial charge >= 0.3 is 0 Å². The Balaban J connectivity index is 2.08. The van der Waals surface area contributed by atoms with Crippen molar-refractivity contribution in [1.29, 1.82) is 0 Å². The van der Waals surface area contributed by atoms with Crippen molar-refractivity contribution in [3.8, 4) is 0 Å². The molecule has 1 aromatic rings. The first-order valence-corrected chi connectivity index (χ1v) is 7.00. The van der Waals surface area contributed by atoms with Gasteiger partial charge in [0.25, 0.3) is 0 Å². The quantitative estimate of drug-likeness (QED) is 0.887. The van der Waals surface area contributed by atoms with Crippen molar-refractivity contribution in [2.24, 2.45) is 7.05 Å². The standard InChI is InChI=1S/C14H26N4/c1-5-14(3)11-18(12(2)6-8-15-14)10-13-7-9-17(4)16-13/h7,9,12,15H,5-6,8,10-11H2,1-4H3. The molecule has 0 spiro atoms. The first-order chi connectivity index (χ1) is 8.52. The van der Waals surface area contributed by atoms with E-state index < -0.39 is 0 Å². The molecule has 1 aliphatic rings. The molecule has 1 aliphatic heterocycles. The Hall–Kier alpha value is -0.870. The predicted octanol–water partition coefficient (Wildman–Crippen LogP) is 1.77. The number of hydrogen-bond acceptors (Lipinski definition) is 3. The van der Waals surface area contributed by atoms with Crippen LogP contribution in [0.3, 0.4) is 0 Å². The minimum Gasteiger partial charge on any atom is -0.310 e. The number of rotatable bonds is 3. The summed E-state index contributed by atoms with van der Waals surface area (Å²) in [5.41, 5.74) is 1.41. The molecule has 1 fully saturated rings. The molecule has 1 saturated heterocycles. The molecule has 0 amide bonds. The van der Waals surface area contributed by atoms with Gasteiger partial charge in [-0.15, -0.1) is 0 Å². The van der Waals surface area contributed by atoms with Gasteiger partial charge in [0.1, 0.15) is 0 Å². The van der Waals surface area contributed by atoms with Gasteiger partial charge in [-0.2, -0.15) is 5.10 Å². The Bertz CT molecular complexity index is 387. The Morgan fingerprint density at radius 3 is 2.94 bits per heavy atom. The lowest BCUT2D eigenvalue weighted by molar-refractivity contribution is 0.161. The summed E-state index contributed by atoms with van der Waals surface area (Å²) in [6.45, 7) is 10.1. The van der Waals surface area contributed by atoms with Crippen molar-refractivity contribution in [1.82, 2.24) is 20.0 Å². The zero-order valence-electron chi connectivity index (χ0n) is 12.1. The highest BCUT2D eigenvalue weighted by Gasteiger charge is 2.30. The highest BCUT2D eigenvalue weighted by Crippen LogP contribution is 2.20. The molecule has 1 aromatic heterocycles. The Labute approximate surface area is 110 Å². The van der Waals surface area contributed by atoms with E-state index in [-0.39, 0.29) is 5.54 Å². The van der Waals surface area contributed by atoms with Crippen LogP contribution in [0.4, 0.5) is 0 Å². The molecule has 0 bridgehead atoms. The van der Waals surface area contributed by atoms with Gasteiger partial charge in [-0.3, -0.25) is 9.58 Å². The van der Waals surface area contributed by atoms with Gasteiger partial charge in [0.15, 0.2) is 0 Å². The molecular formula is C14H26N4. The van der Waals surface area contributed by atoms with E-state index in [9.17, 15) is 0 Å². The molecule has 4 nitrogen and oxygen atoms in total. The molecule has 4 heteroatoms. The number of aromatic nitrogens is 2. The van der Waals surface area contributed by atoms with E-state index in [2.05, 4.69) is 42.2 Å². The Morgan fingerprint density at radius 2 is 2.33 bits per heavy atom. The lowest BCUT2D eigenvalue weighted by atomic mass is 9.98. The minimum atomic E-state index is 0.236. The SMILES string of the molecule is CCC1(C)CN(Cc2ccn(C)n2)C(C)CCN1. The van der Waals surface area contributed by atoms with E-state index in [0.717, 1.165) is 19.6 Å². The first kappa shape index (κ1) is 13.6. The number of aryl methyl sites for hydroxylation is 1. The van der Waals surface area contributed by atoms with E-state index >= 15 is 0 Å². The summed E-state index contributed by atoms with van der Waals surface area (Å²) in [4.78, 5) is 2.56. The molecule has 0 radical (unpaired) electrons. The average molecular weight is 250 g/mol. The largest absolute Gasteiger partial charge is 0.310 e. The molecule has 1 N–H and O–H groups in total. The van der Waals surface area contributed by atoms with Gasteiger partial charge in [-0.25, -0.2) is 0 Å². The lowest BCUT2D eigenvalue weighted by Crippen LogP contribution is -2.49. The monoisotopic (exact) mass is 250 g/mol. The molecule has 2 atom stereocenters. The fourth-order valence-electron chi connectivity index (χ4n) is 2.63.